The van der Waals surface area contributed by atoms with Crippen molar-refractivity contribution in [2.24, 2.45) is 14.1 Å². The quantitative estimate of drug-likeness (QED) is 0.852. The zero-order valence-corrected chi connectivity index (χ0v) is 13.9. The van der Waals surface area contributed by atoms with Gasteiger partial charge in [0.05, 0.1) is 6.04 Å². The van der Waals surface area contributed by atoms with Crippen LogP contribution in [0.25, 0.3) is 0 Å². The summed E-state index contributed by atoms with van der Waals surface area (Å²) in [6.45, 7) is 2.78. The molecule has 3 heterocycles. The van der Waals surface area contributed by atoms with Crippen LogP contribution in [0.2, 0.25) is 0 Å². The fraction of sp³-hybridized carbons (Fsp3) is 0.533. The maximum Gasteiger partial charge on any atom is 0.332 e. The predicted octanol–water partition coefficient (Wildman–Crippen LogP) is 0.0566. The highest BCUT2D eigenvalue weighted by atomic mass is 16.2. The van der Waals surface area contributed by atoms with Gasteiger partial charge in [0, 0.05) is 27.1 Å². The number of hydrogen-bond donors (Lipinski definition) is 1. The van der Waals surface area contributed by atoms with Crippen molar-refractivity contribution < 1.29 is 0 Å². The fourth-order valence-corrected chi connectivity index (χ4v) is 2.96. The molecule has 2 aromatic rings. The van der Waals surface area contributed by atoms with Gasteiger partial charge in [0.15, 0.2) is 11.4 Å². The smallest absolute Gasteiger partial charge is 0.332 e. The van der Waals surface area contributed by atoms with Crippen molar-refractivity contribution in [3.63, 3.8) is 0 Å². The van der Waals surface area contributed by atoms with Crippen molar-refractivity contribution >= 4 is 5.82 Å². The number of nitrogens with zero attached hydrogens (tertiary/aromatic N) is 6. The Kier molecular flexibility index (Phi) is 3.97. The highest BCUT2D eigenvalue weighted by molar-refractivity contribution is 5.52. The highest BCUT2D eigenvalue weighted by Crippen LogP contribution is 2.27. The van der Waals surface area contributed by atoms with Crippen LogP contribution in [-0.2, 0) is 27.1 Å². The fourth-order valence-electron chi connectivity index (χ4n) is 2.96. The Morgan fingerprint density at radius 2 is 2.08 bits per heavy atom. The van der Waals surface area contributed by atoms with Crippen LogP contribution in [0.4, 0.5) is 5.82 Å². The van der Waals surface area contributed by atoms with Gasteiger partial charge in [-0.25, -0.2) is 14.5 Å². The molecule has 0 spiro atoms. The molecule has 2 aromatic heterocycles. The minimum atomic E-state index is -0.602. The summed E-state index contributed by atoms with van der Waals surface area (Å²) in [5.74, 6) is 1.76. The molecule has 0 fully saturated rings. The molecular formula is C15H19N7O2. The topological polar surface area (TPSA) is 111 Å². The van der Waals surface area contributed by atoms with E-state index in [9.17, 15) is 14.9 Å². The van der Waals surface area contributed by atoms with Crippen molar-refractivity contribution in [3.8, 4) is 6.07 Å². The van der Waals surface area contributed by atoms with Gasteiger partial charge in [0.1, 0.15) is 17.7 Å². The Balaban J connectivity index is 2.08. The largest absolute Gasteiger partial charge is 0.360 e. The van der Waals surface area contributed by atoms with E-state index in [1.807, 2.05) is 17.7 Å². The van der Waals surface area contributed by atoms with Crippen LogP contribution in [0, 0.1) is 11.3 Å². The van der Waals surface area contributed by atoms with Gasteiger partial charge in [-0.15, -0.1) is 0 Å². The Morgan fingerprint density at radius 3 is 2.75 bits per heavy atom. The number of anilines is 1. The number of fused-ring (bicyclic) bond motifs is 1. The standard InChI is InChI=1S/C15H19N7O2/c1-4-11-18-13-10(6-5-7-22(13)19-11)17-12-9(8-16)14(23)21(3)15(24)20(12)2/h10,17H,4-7H2,1-3H3/t10-/m0/s1. The lowest BCUT2D eigenvalue weighted by molar-refractivity contribution is 0.435. The molecule has 1 aliphatic rings. The molecule has 0 unspecified atom stereocenters. The molecule has 9 nitrogen and oxygen atoms in total. The van der Waals surface area contributed by atoms with E-state index in [0.717, 1.165) is 42.0 Å². The second-order valence-electron chi connectivity index (χ2n) is 5.84. The molecule has 126 valence electrons. The van der Waals surface area contributed by atoms with E-state index in [4.69, 9.17) is 0 Å². The van der Waals surface area contributed by atoms with Crippen molar-refractivity contribution in [3.05, 3.63) is 38.1 Å². The van der Waals surface area contributed by atoms with E-state index in [2.05, 4.69) is 15.4 Å². The van der Waals surface area contributed by atoms with E-state index < -0.39 is 11.2 Å². The molecule has 0 radical (unpaired) electrons. The Morgan fingerprint density at radius 1 is 1.33 bits per heavy atom. The summed E-state index contributed by atoms with van der Waals surface area (Å²) in [5, 5.41) is 17.0. The van der Waals surface area contributed by atoms with E-state index in [1.54, 1.807) is 0 Å². The number of hydrogen-bond acceptors (Lipinski definition) is 6. The minimum Gasteiger partial charge on any atom is -0.360 e. The van der Waals surface area contributed by atoms with Gasteiger partial charge in [-0.2, -0.15) is 10.4 Å². The van der Waals surface area contributed by atoms with Crippen LogP contribution >= 0.6 is 0 Å². The molecular weight excluding hydrogens is 310 g/mol. The monoisotopic (exact) mass is 329 g/mol. The average Bonchev–Trinajstić information content (AvgIpc) is 3.02. The van der Waals surface area contributed by atoms with Crippen molar-refractivity contribution in [1.29, 1.82) is 5.26 Å². The summed E-state index contributed by atoms with van der Waals surface area (Å²) in [5.41, 5.74) is -1.16. The Labute approximate surface area is 138 Å². The molecule has 9 heteroatoms. The third kappa shape index (κ3) is 2.40. The number of nitriles is 1. The number of nitrogens with one attached hydrogen (secondary N) is 1. The summed E-state index contributed by atoms with van der Waals surface area (Å²) in [4.78, 5) is 28.9. The van der Waals surface area contributed by atoms with Crippen LogP contribution < -0.4 is 16.6 Å². The molecule has 3 rings (SSSR count). The SMILES string of the molecule is CCc1nc2n(n1)CCC[C@@H]2Nc1c(C#N)c(=O)n(C)c(=O)n1C. The summed E-state index contributed by atoms with van der Waals surface area (Å²) < 4.78 is 4.07. The van der Waals surface area contributed by atoms with E-state index >= 15 is 0 Å². The first-order valence-electron chi connectivity index (χ1n) is 7.88. The second kappa shape index (κ2) is 5.96. The van der Waals surface area contributed by atoms with Crippen LogP contribution in [0.3, 0.4) is 0 Å². The maximum absolute atomic E-state index is 12.2. The van der Waals surface area contributed by atoms with Gasteiger partial charge >= 0.3 is 5.69 Å². The normalized spacial score (nSPS) is 16.5. The molecule has 24 heavy (non-hydrogen) atoms. The third-order valence-corrected chi connectivity index (χ3v) is 4.32. The summed E-state index contributed by atoms with van der Waals surface area (Å²) in [6, 6.07) is 1.71. The van der Waals surface area contributed by atoms with E-state index in [1.165, 1.54) is 18.7 Å². The molecule has 0 bridgehead atoms. The zero-order chi connectivity index (χ0) is 17.4. The molecule has 0 saturated heterocycles. The zero-order valence-electron chi connectivity index (χ0n) is 13.9. The molecule has 0 aromatic carbocycles. The van der Waals surface area contributed by atoms with Crippen LogP contribution in [-0.4, -0.2) is 23.9 Å². The van der Waals surface area contributed by atoms with Gasteiger partial charge in [-0.1, -0.05) is 6.92 Å². The van der Waals surface area contributed by atoms with Crippen molar-refractivity contribution in [2.75, 3.05) is 5.32 Å². The predicted molar refractivity (Wildman–Crippen MR) is 86.6 cm³/mol. The van der Waals surface area contributed by atoms with Crippen molar-refractivity contribution in [2.45, 2.75) is 38.8 Å². The van der Waals surface area contributed by atoms with E-state index in [-0.39, 0.29) is 17.4 Å². The first kappa shape index (κ1) is 16.0. The lowest BCUT2D eigenvalue weighted by Gasteiger charge is -2.25. The lowest BCUT2D eigenvalue weighted by Crippen LogP contribution is -2.40. The Hall–Kier alpha value is -2.89. The first-order chi connectivity index (χ1) is 11.5. The van der Waals surface area contributed by atoms with Crippen LogP contribution in [0.1, 0.15) is 43.0 Å². The molecule has 1 atom stereocenters. The summed E-state index contributed by atoms with van der Waals surface area (Å²) in [6.07, 6.45) is 2.43. The number of rotatable bonds is 3. The van der Waals surface area contributed by atoms with Gasteiger partial charge in [-0.05, 0) is 12.8 Å². The molecule has 1 N–H and O–H groups in total. The molecule has 0 amide bonds. The average molecular weight is 329 g/mol. The lowest BCUT2D eigenvalue weighted by atomic mass is 10.1. The van der Waals surface area contributed by atoms with Crippen LogP contribution in [0.15, 0.2) is 9.59 Å². The molecule has 1 aliphatic heterocycles. The van der Waals surface area contributed by atoms with Gasteiger partial charge in [-0.3, -0.25) is 13.9 Å². The minimum absolute atomic E-state index is 0.0769. The summed E-state index contributed by atoms with van der Waals surface area (Å²) >= 11 is 0. The van der Waals surface area contributed by atoms with Crippen LogP contribution in [0.5, 0.6) is 0 Å². The Bertz CT molecular complexity index is 944. The third-order valence-electron chi connectivity index (χ3n) is 4.32. The molecule has 0 saturated carbocycles. The highest BCUT2D eigenvalue weighted by Gasteiger charge is 2.26. The van der Waals surface area contributed by atoms with Crippen molar-refractivity contribution in [1.82, 2.24) is 23.9 Å². The first-order valence-corrected chi connectivity index (χ1v) is 7.88. The second-order valence-corrected chi connectivity index (χ2v) is 5.84. The number of aromatic nitrogens is 5. The maximum atomic E-state index is 12.2. The van der Waals surface area contributed by atoms with Gasteiger partial charge < -0.3 is 5.32 Å². The number of aryl methyl sites for hydroxylation is 2. The van der Waals surface area contributed by atoms with Gasteiger partial charge in [0.2, 0.25) is 0 Å². The van der Waals surface area contributed by atoms with E-state index in [0.29, 0.717) is 0 Å². The van der Waals surface area contributed by atoms with Gasteiger partial charge in [0.25, 0.3) is 5.56 Å². The molecule has 0 aliphatic carbocycles. The summed E-state index contributed by atoms with van der Waals surface area (Å²) in [7, 11) is 2.90.